The van der Waals surface area contributed by atoms with Crippen LogP contribution in [0.25, 0.3) is 6.08 Å². The van der Waals surface area contributed by atoms with E-state index in [-0.39, 0.29) is 17.8 Å². The maximum atomic E-state index is 14.4. The topological polar surface area (TPSA) is 117 Å². The largest absolute Gasteiger partial charge is 0.481 e. The minimum absolute atomic E-state index is 0.140. The first-order valence-corrected chi connectivity index (χ1v) is 11.2. The predicted octanol–water partition coefficient (Wildman–Crippen LogP) is 1.46. The molecule has 3 heterocycles. The Morgan fingerprint density at radius 2 is 1.97 bits per heavy atom. The summed E-state index contributed by atoms with van der Waals surface area (Å²) < 4.78 is 43.7. The molecule has 1 aromatic carbocycles. The highest BCUT2D eigenvalue weighted by atomic mass is 32.2. The third-order valence-electron chi connectivity index (χ3n) is 6.04. The van der Waals surface area contributed by atoms with Crippen molar-refractivity contribution in [3.8, 4) is 0 Å². The van der Waals surface area contributed by atoms with Crippen LogP contribution in [0.2, 0.25) is 0 Å². The van der Waals surface area contributed by atoms with Crippen LogP contribution in [-0.2, 0) is 21.4 Å². The summed E-state index contributed by atoms with van der Waals surface area (Å²) in [5.74, 6) is -4.51. The number of hydrogen-bond acceptors (Lipinski definition) is 5. The number of pyridine rings is 1. The summed E-state index contributed by atoms with van der Waals surface area (Å²) in [7, 11) is -4.46. The summed E-state index contributed by atoms with van der Waals surface area (Å²) in [6.07, 6.45) is 3.30. The highest BCUT2D eigenvalue weighted by Crippen LogP contribution is 2.50. The highest BCUT2D eigenvalue weighted by molar-refractivity contribution is 7.89. The van der Waals surface area contributed by atoms with E-state index in [1.165, 1.54) is 28.8 Å². The van der Waals surface area contributed by atoms with Crippen molar-refractivity contribution < 1.29 is 27.8 Å². The summed E-state index contributed by atoms with van der Waals surface area (Å²) in [4.78, 5) is 24.5. The minimum Gasteiger partial charge on any atom is -0.481 e. The average Bonchev–Trinajstić information content (AvgIpc) is 2.99. The smallest absolute Gasteiger partial charge is 0.308 e. The lowest BCUT2D eigenvalue weighted by molar-refractivity contribution is -0.144. The van der Waals surface area contributed by atoms with Gasteiger partial charge in [-0.25, -0.2) is 12.8 Å². The molecule has 164 valence electrons. The number of aliphatic hydroxyl groups excluding tert-OH is 1. The van der Waals surface area contributed by atoms with Crippen LogP contribution >= 0.6 is 0 Å². The Bertz CT molecular complexity index is 1240. The van der Waals surface area contributed by atoms with Gasteiger partial charge in [-0.3, -0.25) is 9.59 Å². The van der Waals surface area contributed by atoms with Crippen LogP contribution in [0.5, 0.6) is 0 Å². The Balaban J connectivity index is 1.97. The summed E-state index contributed by atoms with van der Waals surface area (Å²) in [5.41, 5.74) is 0.206. The van der Waals surface area contributed by atoms with Gasteiger partial charge in [0.15, 0.2) is 0 Å². The Morgan fingerprint density at radius 1 is 1.26 bits per heavy atom. The van der Waals surface area contributed by atoms with Crippen LogP contribution in [0, 0.1) is 17.7 Å². The molecular weight excluding hydrogens is 427 g/mol. The van der Waals surface area contributed by atoms with Gasteiger partial charge in [-0.2, -0.15) is 4.31 Å². The van der Waals surface area contributed by atoms with E-state index < -0.39 is 57.2 Å². The van der Waals surface area contributed by atoms with Crippen LogP contribution in [0.15, 0.2) is 52.2 Å². The summed E-state index contributed by atoms with van der Waals surface area (Å²) in [5, 5.41) is 19.9. The van der Waals surface area contributed by atoms with Gasteiger partial charge >= 0.3 is 5.97 Å². The van der Waals surface area contributed by atoms with Crippen molar-refractivity contribution in [3.05, 3.63) is 69.9 Å². The van der Waals surface area contributed by atoms with Crippen molar-refractivity contribution in [2.45, 2.75) is 30.4 Å². The SMILES string of the molecule is CC=Cc1ccc2n(c1=O)C[C@@H]1[C@@H](CO)[C@H](C(=O)O)[C@H]2N1S(=O)(=O)c1ccccc1F. The van der Waals surface area contributed by atoms with Crippen LogP contribution in [0.3, 0.4) is 0 Å². The predicted molar refractivity (Wildman–Crippen MR) is 109 cm³/mol. The molecule has 10 heteroatoms. The molecule has 0 unspecified atom stereocenters. The Morgan fingerprint density at radius 3 is 2.58 bits per heavy atom. The lowest BCUT2D eigenvalue weighted by Gasteiger charge is -2.37. The van der Waals surface area contributed by atoms with Gasteiger partial charge in [-0.05, 0) is 31.2 Å². The van der Waals surface area contributed by atoms with Gasteiger partial charge < -0.3 is 14.8 Å². The molecule has 2 N–H and O–H groups in total. The second-order valence-corrected chi connectivity index (χ2v) is 9.43. The number of hydrogen-bond donors (Lipinski definition) is 2. The fraction of sp³-hybridized carbons (Fsp3) is 0.333. The molecule has 2 aliphatic rings. The lowest BCUT2D eigenvalue weighted by atomic mass is 9.87. The molecule has 1 fully saturated rings. The van der Waals surface area contributed by atoms with E-state index in [0.29, 0.717) is 5.56 Å². The number of sulfonamides is 1. The normalized spacial score (nSPS) is 25.6. The second-order valence-electron chi connectivity index (χ2n) is 7.62. The van der Waals surface area contributed by atoms with Crippen LogP contribution in [-0.4, -0.2) is 46.1 Å². The molecule has 2 aliphatic heterocycles. The summed E-state index contributed by atoms with van der Waals surface area (Å²) in [6, 6.07) is 5.61. The van der Waals surface area contributed by atoms with Crippen LogP contribution in [0.1, 0.15) is 24.2 Å². The van der Waals surface area contributed by atoms with Gasteiger partial charge in [0.25, 0.3) is 5.56 Å². The molecule has 0 amide bonds. The van der Waals surface area contributed by atoms with Crippen molar-refractivity contribution in [1.82, 2.24) is 8.87 Å². The lowest BCUT2D eigenvalue weighted by Crippen LogP contribution is -2.49. The number of nitrogens with zero attached hydrogens (tertiary/aromatic N) is 2. The number of allylic oxidation sites excluding steroid dienone is 1. The number of aromatic nitrogens is 1. The average molecular weight is 448 g/mol. The molecule has 2 aromatic rings. The zero-order chi connectivity index (χ0) is 22.5. The van der Waals surface area contributed by atoms with E-state index in [1.807, 2.05) is 0 Å². The molecule has 0 radical (unpaired) electrons. The van der Waals surface area contributed by atoms with E-state index in [1.54, 1.807) is 19.1 Å². The van der Waals surface area contributed by atoms with Gasteiger partial charge in [0.1, 0.15) is 10.7 Å². The molecule has 1 saturated heterocycles. The maximum Gasteiger partial charge on any atom is 0.308 e. The standard InChI is InChI=1S/C21H21FN2O6S/c1-2-5-12-8-9-15-19-18(21(27)28)13(11-25)16(10-23(15)20(12)26)24(19)31(29,30)17-7-4-3-6-14(17)22/h2-9,13,16,18-19,25H,10-11H2,1H3,(H,27,28)/t13-,16-,18+,19+/m1/s1. The first kappa shape index (κ1) is 21.4. The maximum absolute atomic E-state index is 14.4. The van der Waals surface area contributed by atoms with E-state index in [9.17, 15) is 32.6 Å². The van der Waals surface area contributed by atoms with Gasteiger partial charge in [-0.15, -0.1) is 0 Å². The molecule has 0 saturated carbocycles. The highest BCUT2D eigenvalue weighted by Gasteiger charge is 2.60. The zero-order valence-corrected chi connectivity index (χ0v) is 17.4. The first-order valence-electron chi connectivity index (χ1n) is 9.72. The molecule has 0 aliphatic carbocycles. The van der Waals surface area contributed by atoms with E-state index in [4.69, 9.17) is 0 Å². The van der Waals surface area contributed by atoms with Crippen molar-refractivity contribution in [2.24, 2.45) is 11.8 Å². The molecule has 31 heavy (non-hydrogen) atoms. The monoisotopic (exact) mass is 448 g/mol. The van der Waals surface area contributed by atoms with E-state index in [0.717, 1.165) is 16.4 Å². The quantitative estimate of drug-likeness (QED) is 0.715. The Labute approximate surface area is 177 Å². The van der Waals surface area contributed by atoms with Gasteiger partial charge in [0.05, 0.1) is 12.0 Å². The third kappa shape index (κ3) is 3.13. The number of halogens is 1. The fourth-order valence-electron chi connectivity index (χ4n) is 4.76. The van der Waals surface area contributed by atoms with Gasteiger partial charge in [-0.1, -0.05) is 24.3 Å². The molecular formula is C21H21FN2O6S. The van der Waals surface area contributed by atoms with Crippen LogP contribution in [0.4, 0.5) is 4.39 Å². The number of carbonyl (C=O) groups is 1. The number of fused-ring (bicyclic) bond motifs is 4. The second kappa shape index (κ2) is 7.70. The first-order chi connectivity index (χ1) is 14.7. The summed E-state index contributed by atoms with van der Waals surface area (Å²) >= 11 is 0. The van der Waals surface area contributed by atoms with Gasteiger partial charge in [0.2, 0.25) is 10.0 Å². The third-order valence-corrected chi connectivity index (χ3v) is 7.98. The molecule has 2 bridgehead atoms. The van der Waals surface area contributed by atoms with Crippen molar-refractivity contribution in [1.29, 1.82) is 0 Å². The molecule has 4 rings (SSSR count). The minimum atomic E-state index is -4.46. The molecule has 8 nitrogen and oxygen atoms in total. The van der Waals surface area contributed by atoms with Crippen LogP contribution < -0.4 is 5.56 Å². The molecule has 0 spiro atoms. The summed E-state index contributed by atoms with van der Waals surface area (Å²) in [6.45, 7) is 1.02. The van der Waals surface area contributed by atoms with E-state index >= 15 is 0 Å². The molecule has 4 atom stereocenters. The Hall–Kier alpha value is -2.82. The number of aliphatic carboxylic acids is 1. The number of carboxylic acids is 1. The fourth-order valence-corrected chi connectivity index (χ4v) is 6.66. The van der Waals surface area contributed by atoms with E-state index in [2.05, 4.69) is 0 Å². The van der Waals surface area contributed by atoms with Crippen molar-refractivity contribution >= 4 is 22.1 Å². The number of carboxylic acid groups (broad SMARTS) is 1. The number of aliphatic hydroxyl groups is 1. The van der Waals surface area contributed by atoms with Crippen molar-refractivity contribution in [2.75, 3.05) is 6.61 Å². The molecule has 1 aromatic heterocycles. The number of benzene rings is 1. The van der Waals surface area contributed by atoms with Crippen molar-refractivity contribution in [3.63, 3.8) is 0 Å². The van der Waals surface area contributed by atoms with Gasteiger partial charge in [0, 0.05) is 36.4 Å². The number of rotatable bonds is 5. The zero-order valence-electron chi connectivity index (χ0n) is 16.6. The Kier molecular flexibility index (Phi) is 5.32.